The van der Waals surface area contributed by atoms with Crippen molar-refractivity contribution < 1.29 is 4.39 Å². The van der Waals surface area contributed by atoms with Gasteiger partial charge in [0.1, 0.15) is 11.6 Å². The SMILES string of the molecule is C/C=C(F)\C=C/CC(=C\N(C)N)/C(C=N)=C1\N=CC=CN1. The van der Waals surface area contributed by atoms with Crippen LogP contribution in [0.4, 0.5) is 4.39 Å². The number of aliphatic imine (C=N–C) groups is 1. The van der Waals surface area contributed by atoms with Gasteiger partial charge in [0.05, 0.1) is 0 Å². The van der Waals surface area contributed by atoms with Crippen molar-refractivity contribution in [2.24, 2.45) is 10.8 Å². The lowest BCUT2D eigenvalue weighted by Gasteiger charge is -2.14. The molecular formula is C15H20FN5. The van der Waals surface area contributed by atoms with Gasteiger partial charge >= 0.3 is 0 Å². The molecule has 0 saturated carbocycles. The fourth-order valence-electron chi connectivity index (χ4n) is 1.66. The van der Waals surface area contributed by atoms with Crippen molar-refractivity contribution in [1.82, 2.24) is 10.3 Å². The van der Waals surface area contributed by atoms with E-state index in [2.05, 4.69) is 10.3 Å². The predicted octanol–water partition coefficient (Wildman–Crippen LogP) is 2.54. The quantitative estimate of drug-likeness (QED) is 0.304. The zero-order valence-corrected chi connectivity index (χ0v) is 12.2. The maximum Gasteiger partial charge on any atom is 0.139 e. The number of nitrogens with one attached hydrogen (secondary N) is 2. The second-order valence-corrected chi connectivity index (χ2v) is 4.29. The Morgan fingerprint density at radius 2 is 2.33 bits per heavy atom. The fourth-order valence-corrected chi connectivity index (χ4v) is 1.66. The summed E-state index contributed by atoms with van der Waals surface area (Å²) in [5.74, 6) is 5.90. The van der Waals surface area contributed by atoms with Gasteiger partial charge in [0.2, 0.25) is 0 Å². The van der Waals surface area contributed by atoms with Gasteiger partial charge in [-0.05, 0) is 31.1 Å². The number of rotatable bonds is 6. The number of halogens is 1. The van der Waals surface area contributed by atoms with Crippen molar-refractivity contribution in [1.29, 1.82) is 5.41 Å². The summed E-state index contributed by atoms with van der Waals surface area (Å²) in [4.78, 5) is 4.18. The zero-order valence-electron chi connectivity index (χ0n) is 12.2. The number of hydrogen-bond acceptors (Lipinski definition) is 5. The highest BCUT2D eigenvalue weighted by molar-refractivity contribution is 5.85. The van der Waals surface area contributed by atoms with Gasteiger partial charge in [-0.15, -0.1) is 0 Å². The van der Waals surface area contributed by atoms with E-state index in [1.54, 1.807) is 44.7 Å². The van der Waals surface area contributed by atoms with Crippen LogP contribution in [0.2, 0.25) is 0 Å². The first kappa shape index (κ1) is 16.6. The lowest BCUT2D eigenvalue weighted by molar-refractivity contribution is 0.480. The standard InChI is InChI=1S/C15H20FN5/c1-3-13(16)7-4-6-12(11-21(2)18)14(10-17)15-19-8-5-9-20-15/h3-5,7-11,17,19H,6,18H2,1-2H3/b7-4-,12-11+,13-3+,15-14-,17-10?. The van der Waals surface area contributed by atoms with E-state index in [-0.39, 0.29) is 5.83 Å². The Hall–Kier alpha value is -2.47. The van der Waals surface area contributed by atoms with Gasteiger partial charge in [-0.2, -0.15) is 0 Å². The van der Waals surface area contributed by atoms with Crippen LogP contribution in [0.1, 0.15) is 13.3 Å². The minimum Gasteiger partial charge on any atom is -0.346 e. The third-order valence-corrected chi connectivity index (χ3v) is 2.60. The summed E-state index contributed by atoms with van der Waals surface area (Å²) in [6.07, 6.45) is 12.9. The third kappa shape index (κ3) is 5.58. The van der Waals surface area contributed by atoms with E-state index in [0.29, 0.717) is 17.8 Å². The van der Waals surface area contributed by atoms with Crippen molar-refractivity contribution in [2.45, 2.75) is 13.3 Å². The summed E-state index contributed by atoms with van der Waals surface area (Å²) >= 11 is 0. The Kier molecular flexibility index (Phi) is 6.83. The first-order valence-electron chi connectivity index (χ1n) is 6.46. The molecule has 0 aliphatic carbocycles. The molecule has 4 N–H and O–H groups in total. The average Bonchev–Trinajstić information content (AvgIpc) is 2.48. The number of allylic oxidation sites excluding steroid dienone is 7. The minimum absolute atomic E-state index is 0.309. The summed E-state index contributed by atoms with van der Waals surface area (Å²) in [6.45, 7) is 1.63. The van der Waals surface area contributed by atoms with Crippen molar-refractivity contribution >= 4 is 12.4 Å². The van der Waals surface area contributed by atoms with Crippen LogP contribution >= 0.6 is 0 Å². The van der Waals surface area contributed by atoms with Crippen LogP contribution in [0.3, 0.4) is 0 Å². The van der Waals surface area contributed by atoms with Crippen molar-refractivity contribution in [3.05, 3.63) is 59.5 Å². The van der Waals surface area contributed by atoms with Gasteiger partial charge in [0.15, 0.2) is 0 Å². The zero-order chi connectivity index (χ0) is 15.7. The maximum absolute atomic E-state index is 13.1. The van der Waals surface area contributed by atoms with E-state index >= 15 is 0 Å². The van der Waals surface area contributed by atoms with Crippen LogP contribution in [-0.4, -0.2) is 24.5 Å². The van der Waals surface area contributed by atoms with Crippen LogP contribution in [0, 0.1) is 5.41 Å². The Morgan fingerprint density at radius 1 is 1.57 bits per heavy atom. The van der Waals surface area contributed by atoms with Gasteiger partial charge in [-0.3, -0.25) is 0 Å². The van der Waals surface area contributed by atoms with Crippen LogP contribution in [0.5, 0.6) is 0 Å². The normalized spacial score (nSPS) is 17.9. The Balaban J connectivity index is 3.07. The molecule has 0 unspecified atom stereocenters. The topological polar surface area (TPSA) is 77.5 Å². The predicted molar refractivity (Wildman–Crippen MR) is 85.2 cm³/mol. The van der Waals surface area contributed by atoms with E-state index in [4.69, 9.17) is 11.3 Å². The summed E-state index contributed by atoms with van der Waals surface area (Å²) in [7, 11) is 1.68. The monoisotopic (exact) mass is 289 g/mol. The highest BCUT2D eigenvalue weighted by Crippen LogP contribution is 2.18. The van der Waals surface area contributed by atoms with Crippen LogP contribution in [0.25, 0.3) is 0 Å². The molecule has 21 heavy (non-hydrogen) atoms. The highest BCUT2D eigenvalue weighted by Gasteiger charge is 2.09. The number of nitrogens with two attached hydrogens (primary N) is 1. The molecule has 0 saturated heterocycles. The molecule has 0 bridgehead atoms. The summed E-state index contributed by atoms with van der Waals surface area (Å²) in [5, 5.41) is 12.0. The van der Waals surface area contributed by atoms with Gasteiger partial charge in [0, 0.05) is 37.4 Å². The molecule has 6 heteroatoms. The largest absolute Gasteiger partial charge is 0.346 e. The van der Waals surface area contributed by atoms with Crippen molar-refractivity contribution in [3.63, 3.8) is 0 Å². The lowest BCUT2D eigenvalue weighted by atomic mass is 10.0. The molecule has 1 heterocycles. The maximum atomic E-state index is 13.1. The first-order valence-corrected chi connectivity index (χ1v) is 6.46. The third-order valence-electron chi connectivity index (χ3n) is 2.60. The van der Waals surface area contributed by atoms with Gasteiger partial charge < -0.3 is 15.7 Å². The molecule has 0 aromatic carbocycles. The molecule has 0 amide bonds. The molecule has 0 aromatic heterocycles. The van der Waals surface area contributed by atoms with E-state index in [9.17, 15) is 4.39 Å². The minimum atomic E-state index is -0.309. The number of hydrazine groups is 1. The Morgan fingerprint density at radius 3 is 2.86 bits per heavy atom. The number of nitrogens with zero attached hydrogens (tertiary/aromatic N) is 2. The highest BCUT2D eigenvalue weighted by atomic mass is 19.1. The van der Waals surface area contributed by atoms with Crippen LogP contribution in [0.15, 0.2) is 64.5 Å². The lowest BCUT2D eigenvalue weighted by Crippen LogP contribution is -2.20. The van der Waals surface area contributed by atoms with Crippen molar-refractivity contribution in [2.75, 3.05) is 7.05 Å². The fraction of sp³-hybridized carbons (Fsp3) is 0.200. The molecule has 5 nitrogen and oxygen atoms in total. The smallest absolute Gasteiger partial charge is 0.139 e. The molecular weight excluding hydrogens is 269 g/mol. The van der Waals surface area contributed by atoms with Gasteiger partial charge in [0.25, 0.3) is 0 Å². The average molecular weight is 289 g/mol. The molecule has 0 aromatic rings. The molecule has 0 spiro atoms. The Labute approximate surface area is 124 Å². The summed E-state index contributed by atoms with van der Waals surface area (Å²) in [6, 6.07) is 0. The Bertz CT molecular complexity index is 550. The molecule has 0 radical (unpaired) electrons. The van der Waals surface area contributed by atoms with Gasteiger partial charge in [-0.1, -0.05) is 12.2 Å². The molecule has 1 rings (SSSR count). The van der Waals surface area contributed by atoms with Crippen molar-refractivity contribution in [3.8, 4) is 0 Å². The molecule has 0 atom stereocenters. The summed E-state index contributed by atoms with van der Waals surface area (Å²) < 4.78 is 13.1. The first-order chi connectivity index (χ1) is 10.1. The van der Waals surface area contributed by atoms with Crippen LogP contribution in [-0.2, 0) is 0 Å². The molecule has 112 valence electrons. The van der Waals surface area contributed by atoms with E-state index < -0.39 is 0 Å². The molecule has 1 aliphatic rings. The molecule has 0 fully saturated rings. The van der Waals surface area contributed by atoms with E-state index in [1.807, 2.05) is 0 Å². The second kappa shape index (κ2) is 8.65. The van der Waals surface area contributed by atoms with E-state index in [0.717, 1.165) is 5.57 Å². The van der Waals surface area contributed by atoms with Gasteiger partial charge in [-0.25, -0.2) is 15.2 Å². The van der Waals surface area contributed by atoms with E-state index in [1.165, 1.54) is 23.4 Å². The number of hydrogen-bond donors (Lipinski definition) is 3. The summed E-state index contributed by atoms with van der Waals surface area (Å²) in [5.41, 5.74) is 1.35. The molecule has 1 aliphatic heterocycles. The second-order valence-electron chi connectivity index (χ2n) is 4.29. The van der Waals surface area contributed by atoms with Crippen LogP contribution < -0.4 is 11.2 Å².